The molecule has 0 spiro atoms. The molecule has 0 unspecified atom stereocenters. The summed E-state index contributed by atoms with van der Waals surface area (Å²) in [5.41, 5.74) is 0.323. The van der Waals surface area contributed by atoms with Gasteiger partial charge in [-0.15, -0.1) is 0 Å². The molecule has 0 saturated heterocycles. The summed E-state index contributed by atoms with van der Waals surface area (Å²) < 4.78 is 10.1. The van der Waals surface area contributed by atoms with E-state index < -0.39 is 5.97 Å². The summed E-state index contributed by atoms with van der Waals surface area (Å²) in [5, 5.41) is 0. The van der Waals surface area contributed by atoms with Crippen LogP contribution in [0.3, 0.4) is 0 Å². The molecule has 0 amide bonds. The van der Waals surface area contributed by atoms with Crippen molar-refractivity contribution in [2.75, 3.05) is 14.2 Å². The minimum atomic E-state index is -0.591. The first-order valence-electron chi connectivity index (χ1n) is 4.99. The maximum absolute atomic E-state index is 11.6. The zero-order valence-electron chi connectivity index (χ0n) is 10.3. The standard InChI is InChI=1S/C12H15O5/c1-8(2)16-17-12(13)9-5-6-10(14-3)11(7-9)15-4/h5-7H,1-4H3. The lowest BCUT2D eigenvalue weighted by Gasteiger charge is -2.09. The Hall–Kier alpha value is -1.75. The molecule has 0 saturated carbocycles. The Morgan fingerprint density at radius 1 is 1.00 bits per heavy atom. The molecular formula is C12H15O5. The Balaban J connectivity index is 2.81. The molecule has 0 aliphatic rings. The Morgan fingerprint density at radius 3 is 2.18 bits per heavy atom. The first-order valence-corrected chi connectivity index (χ1v) is 4.99. The molecule has 0 aliphatic carbocycles. The summed E-state index contributed by atoms with van der Waals surface area (Å²) >= 11 is 0. The molecule has 5 heteroatoms. The fourth-order valence-corrected chi connectivity index (χ4v) is 1.13. The number of carbonyl (C=O) groups excluding carboxylic acids is 1. The third kappa shape index (κ3) is 3.64. The second kappa shape index (κ2) is 6.10. The molecule has 0 fully saturated rings. The minimum absolute atomic E-state index is 0.323. The Morgan fingerprint density at radius 2 is 1.65 bits per heavy atom. The molecule has 0 heterocycles. The van der Waals surface area contributed by atoms with Crippen LogP contribution in [0, 0.1) is 6.10 Å². The molecule has 17 heavy (non-hydrogen) atoms. The van der Waals surface area contributed by atoms with Crippen molar-refractivity contribution in [1.82, 2.24) is 0 Å². The van der Waals surface area contributed by atoms with Crippen molar-refractivity contribution in [3.63, 3.8) is 0 Å². The minimum Gasteiger partial charge on any atom is -0.493 e. The third-order valence-electron chi connectivity index (χ3n) is 1.90. The molecule has 0 N–H and O–H groups in total. The number of ether oxygens (including phenoxy) is 2. The molecule has 0 bridgehead atoms. The maximum atomic E-state index is 11.6. The van der Waals surface area contributed by atoms with Crippen LogP contribution < -0.4 is 9.47 Å². The molecule has 0 aromatic heterocycles. The van der Waals surface area contributed by atoms with E-state index in [2.05, 4.69) is 9.78 Å². The summed E-state index contributed by atoms with van der Waals surface area (Å²) in [5.74, 6) is 0.412. The lowest BCUT2D eigenvalue weighted by atomic mass is 10.2. The number of hydrogen-bond acceptors (Lipinski definition) is 5. The molecule has 1 radical (unpaired) electrons. The summed E-state index contributed by atoms with van der Waals surface area (Å²) in [4.78, 5) is 20.8. The van der Waals surface area contributed by atoms with Crippen molar-refractivity contribution in [2.45, 2.75) is 13.8 Å². The highest BCUT2D eigenvalue weighted by atomic mass is 17.2. The first-order chi connectivity index (χ1) is 8.08. The number of hydrogen-bond donors (Lipinski definition) is 0. The molecule has 0 aliphatic heterocycles. The Labute approximate surface area is 100 Å². The Bertz CT molecular complexity index is 386. The Kier molecular flexibility index (Phi) is 4.78. The summed E-state index contributed by atoms with van der Waals surface area (Å²) in [6.07, 6.45) is 0.541. The third-order valence-corrected chi connectivity index (χ3v) is 1.90. The van der Waals surface area contributed by atoms with Gasteiger partial charge in [-0.05, 0) is 32.0 Å². The molecule has 0 atom stereocenters. The second-order valence-electron chi connectivity index (χ2n) is 3.43. The largest absolute Gasteiger partial charge is 0.493 e. The van der Waals surface area contributed by atoms with Gasteiger partial charge in [-0.25, -0.2) is 4.79 Å². The van der Waals surface area contributed by atoms with Gasteiger partial charge in [-0.2, -0.15) is 4.89 Å². The van der Waals surface area contributed by atoms with Crippen LogP contribution >= 0.6 is 0 Å². The number of rotatable bonds is 5. The van der Waals surface area contributed by atoms with Crippen LogP contribution in [0.25, 0.3) is 0 Å². The van der Waals surface area contributed by atoms with Crippen LogP contribution in [0.15, 0.2) is 18.2 Å². The molecule has 1 rings (SSSR count). The van der Waals surface area contributed by atoms with E-state index >= 15 is 0 Å². The van der Waals surface area contributed by atoms with Crippen LogP contribution in [0.4, 0.5) is 0 Å². The highest BCUT2D eigenvalue weighted by Crippen LogP contribution is 2.27. The van der Waals surface area contributed by atoms with Crippen molar-refractivity contribution in [3.05, 3.63) is 29.9 Å². The van der Waals surface area contributed by atoms with Crippen molar-refractivity contribution in [1.29, 1.82) is 0 Å². The first kappa shape index (κ1) is 13.3. The number of carbonyl (C=O) groups is 1. The van der Waals surface area contributed by atoms with Crippen LogP contribution in [0.1, 0.15) is 24.2 Å². The van der Waals surface area contributed by atoms with E-state index in [-0.39, 0.29) is 0 Å². The average Bonchev–Trinajstić information content (AvgIpc) is 2.34. The molecule has 93 valence electrons. The molecule has 1 aromatic rings. The lowest BCUT2D eigenvalue weighted by molar-refractivity contribution is -0.229. The van der Waals surface area contributed by atoms with E-state index in [1.807, 2.05) is 0 Å². The molecule has 1 aromatic carbocycles. The molecular weight excluding hydrogens is 224 g/mol. The van der Waals surface area contributed by atoms with Crippen molar-refractivity contribution >= 4 is 5.97 Å². The van der Waals surface area contributed by atoms with E-state index in [9.17, 15) is 4.79 Å². The number of methoxy groups -OCH3 is 2. The fraction of sp³-hybridized carbons (Fsp3) is 0.333. The van der Waals surface area contributed by atoms with Gasteiger partial charge in [0.15, 0.2) is 11.5 Å². The van der Waals surface area contributed by atoms with Gasteiger partial charge in [0.1, 0.15) is 6.10 Å². The highest BCUT2D eigenvalue weighted by molar-refractivity contribution is 5.89. The predicted octanol–water partition coefficient (Wildman–Crippen LogP) is 2.36. The zero-order valence-corrected chi connectivity index (χ0v) is 10.3. The SMILES string of the molecule is COc1ccc(C(=O)OO[C](C)C)cc1OC. The van der Waals surface area contributed by atoms with E-state index in [1.54, 1.807) is 26.0 Å². The summed E-state index contributed by atoms with van der Waals surface area (Å²) in [6, 6.07) is 4.71. The van der Waals surface area contributed by atoms with Gasteiger partial charge in [0, 0.05) is 0 Å². The van der Waals surface area contributed by atoms with Gasteiger partial charge in [-0.3, -0.25) is 4.89 Å². The fourth-order valence-electron chi connectivity index (χ4n) is 1.13. The van der Waals surface area contributed by atoms with E-state index in [4.69, 9.17) is 9.47 Å². The van der Waals surface area contributed by atoms with Gasteiger partial charge < -0.3 is 9.47 Å². The van der Waals surface area contributed by atoms with Crippen molar-refractivity contribution < 1.29 is 24.0 Å². The zero-order chi connectivity index (χ0) is 12.8. The van der Waals surface area contributed by atoms with Gasteiger partial charge in [0.05, 0.1) is 19.8 Å². The van der Waals surface area contributed by atoms with Gasteiger partial charge >= 0.3 is 5.97 Å². The lowest BCUT2D eigenvalue weighted by Crippen LogP contribution is -2.07. The van der Waals surface area contributed by atoms with E-state index in [1.165, 1.54) is 20.3 Å². The second-order valence-corrected chi connectivity index (χ2v) is 3.43. The molecule has 5 nitrogen and oxygen atoms in total. The highest BCUT2D eigenvalue weighted by Gasteiger charge is 2.13. The van der Waals surface area contributed by atoms with Crippen molar-refractivity contribution in [2.24, 2.45) is 0 Å². The van der Waals surface area contributed by atoms with Crippen LogP contribution in [0.5, 0.6) is 11.5 Å². The van der Waals surface area contributed by atoms with Gasteiger partial charge in [0.25, 0.3) is 0 Å². The quantitative estimate of drug-likeness (QED) is 0.583. The monoisotopic (exact) mass is 239 g/mol. The van der Waals surface area contributed by atoms with Crippen LogP contribution in [-0.4, -0.2) is 20.2 Å². The summed E-state index contributed by atoms with van der Waals surface area (Å²) in [6.45, 7) is 3.36. The topological polar surface area (TPSA) is 54.0 Å². The van der Waals surface area contributed by atoms with E-state index in [0.717, 1.165) is 0 Å². The normalized spacial score (nSPS) is 10.2. The van der Waals surface area contributed by atoms with Crippen LogP contribution in [0.2, 0.25) is 0 Å². The average molecular weight is 239 g/mol. The predicted molar refractivity (Wildman–Crippen MR) is 60.6 cm³/mol. The smallest absolute Gasteiger partial charge is 0.373 e. The van der Waals surface area contributed by atoms with Gasteiger partial charge in [0.2, 0.25) is 0 Å². The maximum Gasteiger partial charge on any atom is 0.373 e. The summed E-state index contributed by atoms with van der Waals surface area (Å²) in [7, 11) is 3.02. The van der Waals surface area contributed by atoms with Crippen molar-refractivity contribution in [3.8, 4) is 11.5 Å². The van der Waals surface area contributed by atoms with Crippen LogP contribution in [-0.2, 0) is 9.78 Å². The van der Waals surface area contributed by atoms with E-state index in [0.29, 0.717) is 23.2 Å². The number of benzene rings is 1. The van der Waals surface area contributed by atoms with Gasteiger partial charge in [-0.1, -0.05) is 0 Å².